The fraction of sp³-hybridized carbons (Fsp3) is 0.900. The first-order valence-electron chi connectivity index (χ1n) is 5.45. The van der Waals surface area contributed by atoms with E-state index in [-0.39, 0.29) is 6.04 Å². The van der Waals surface area contributed by atoms with E-state index >= 15 is 0 Å². The number of alkyl halides is 3. The van der Waals surface area contributed by atoms with Crippen LogP contribution in [0.1, 0.15) is 26.7 Å². The largest absolute Gasteiger partial charge is 0.417 e. The second kappa shape index (κ2) is 3.35. The molecule has 3 atom stereocenters. The molecule has 2 heterocycles. The molecule has 17 heavy (non-hydrogen) atoms. The molecular formula is C10H15F3N2O2. The average Bonchev–Trinajstić information content (AvgIpc) is 2.37. The van der Waals surface area contributed by atoms with E-state index in [2.05, 4.69) is 5.32 Å². The van der Waals surface area contributed by atoms with E-state index in [4.69, 9.17) is 0 Å². The highest BCUT2D eigenvalue weighted by molar-refractivity contribution is 5.80. The quantitative estimate of drug-likeness (QED) is 0.664. The van der Waals surface area contributed by atoms with Gasteiger partial charge in [0.25, 0.3) is 0 Å². The van der Waals surface area contributed by atoms with Gasteiger partial charge >= 0.3 is 6.18 Å². The van der Waals surface area contributed by atoms with Crippen LogP contribution in [0.25, 0.3) is 0 Å². The standard InChI is InChI=1S/C10H15F3N2O2/c1-6-4-15-7(16)3-9(17,10(11,12)13)5-8(15,2)14-6/h6,14,17H,3-5H2,1-2H3/t6-,8-,9+/m1/s1. The summed E-state index contributed by atoms with van der Waals surface area (Å²) in [6, 6.07) is -0.0699. The molecule has 0 spiro atoms. The number of piperidine rings is 1. The molecule has 2 aliphatic heterocycles. The molecule has 0 aliphatic carbocycles. The van der Waals surface area contributed by atoms with E-state index in [0.29, 0.717) is 6.54 Å². The first-order chi connectivity index (χ1) is 7.57. The van der Waals surface area contributed by atoms with Crippen LogP contribution in [-0.4, -0.2) is 45.9 Å². The topological polar surface area (TPSA) is 52.6 Å². The van der Waals surface area contributed by atoms with Crippen molar-refractivity contribution >= 4 is 5.91 Å². The summed E-state index contributed by atoms with van der Waals surface area (Å²) in [5, 5.41) is 12.6. The Kier molecular flexibility index (Phi) is 2.49. The Bertz CT molecular complexity index is 360. The lowest BCUT2D eigenvalue weighted by Gasteiger charge is -2.47. The molecule has 2 aliphatic rings. The second-order valence-corrected chi connectivity index (χ2v) is 5.21. The molecule has 7 heteroatoms. The van der Waals surface area contributed by atoms with Crippen LogP contribution in [0.3, 0.4) is 0 Å². The van der Waals surface area contributed by atoms with E-state index < -0.39 is 36.2 Å². The van der Waals surface area contributed by atoms with E-state index in [1.807, 2.05) is 0 Å². The molecule has 0 radical (unpaired) electrons. The highest BCUT2D eigenvalue weighted by Crippen LogP contribution is 2.45. The number of nitrogens with zero attached hydrogens (tertiary/aromatic N) is 1. The Morgan fingerprint density at radius 1 is 1.53 bits per heavy atom. The van der Waals surface area contributed by atoms with Crippen LogP contribution in [0.15, 0.2) is 0 Å². The molecule has 0 aromatic carbocycles. The van der Waals surface area contributed by atoms with Crippen LogP contribution in [0.2, 0.25) is 0 Å². The van der Waals surface area contributed by atoms with Gasteiger partial charge in [0, 0.05) is 19.0 Å². The maximum Gasteiger partial charge on any atom is 0.417 e. The smallest absolute Gasteiger partial charge is 0.380 e. The zero-order valence-electron chi connectivity index (χ0n) is 9.64. The van der Waals surface area contributed by atoms with Gasteiger partial charge in [-0.15, -0.1) is 0 Å². The monoisotopic (exact) mass is 252 g/mol. The maximum absolute atomic E-state index is 12.8. The summed E-state index contributed by atoms with van der Waals surface area (Å²) in [4.78, 5) is 13.1. The Morgan fingerprint density at radius 2 is 2.12 bits per heavy atom. The molecule has 2 saturated heterocycles. The predicted octanol–water partition coefficient (Wildman–Crippen LogP) is 0.610. The van der Waals surface area contributed by atoms with Crippen LogP contribution in [0.5, 0.6) is 0 Å². The third-order valence-corrected chi connectivity index (χ3v) is 3.52. The normalized spacial score (nSPS) is 42.8. The van der Waals surface area contributed by atoms with Gasteiger partial charge in [-0.3, -0.25) is 10.1 Å². The Morgan fingerprint density at radius 3 is 2.65 bits per heavy atom. The number of hydrogen-bond donors (Lipinski definition) is 2. The first-order valence-corrected chi connectivity index (χ1v) is 5.45. The molecule has 0 unspecified atom stereocenters. The highest BCUT2D eigenvalue weighted by Gasteiger charge is 2.63. The summed E-state index contributed by atoms with van der Waals surface area (Å²) in [6.07, 6.45) is -6.20. The molecular weight excluding hydrogens is 237 g/mol. The van der Waals surface area contributed by atoms with Gasteiger partial charge in [-0.1, -0.05) is 0 Å². The second-order valence-electron chi connectivity index (χ2n) is 5.21. The fourth-order valence-corrected chi connectivity index (χ4v) is 2.83. The van der Waals surface area contributed by atoms with Crippen LogP contribution in [0.4, 0.5) is 13.2 Å². The minimum atomic E-state index is -4.79. The van der Waals surface area contributed by atoms with Gasteiger partial charge < -0.3 is 10.0 Å². The third-order valence-electron chi connectivity index (χ3n) is 3.52. The van der Waals surface area contributed by atoms with Gasteiger partial charge in [0.15, 0.2) is 5.60 Å². The Balaban J connectivity index is 2.33. The van der Waals surface area contributed by atoms with Gasteiger partial charge in [-0.2, -0.15) is 13.2 Å². The molecule has 2 rings (SSSR count). The summed E-state index contributed by atoms with van der Waals surface area (Å²) >= 11 is 0. The van der Waals surface area contributed by atoms with Gasteiger partial charge in [0.2, 0.25) is 5.91 Å². The molecule has 0 saturated carbocycles. The Hall–Kier alpha value is -0.820. The lowest BCUT2D eigenvalue weighted by molar-refractivity contribution is -0.279. The number of carbonyl (C=O) groups excluding carboxylic acids is 1. The van der Waals surface area contributed by atoms with Crippen LogP contribution in [0, 0.1) is 0 Å². The van der Waals surface area contributed by atoms with Crippen molar-refractivity contribution in [1.82, 2.24) is 10.2 Å². The lowest BCUT2D eigenvalue weighted by Crippen LogP contribution is -2.65. The summed E-state index contributed by atoms with van der Waals surface area (Å²) in [5.41, 5.74) is -4.04. The molecule has 2 N–H and O–H groups in total. The van der Waals surface area contributed by atoms with E-state index in [0.717, 1.165) is 0 Å². The minimum Gasteiger partial charge on any atom is -0.380 e. The first kappa shape index (κ1) is 12.6. The number of hydrogen-bond acceptors (Lipinski definition) is 3. The van der Waals surface area contributed by atoms with E-state index in [9.17, 15) is 23.1 Å². The average molecular weight is 252 g/mol. The van der Waals surface area contributed by atoms with Crippen molar-refractivity contribution in [1.29, 1.82) is 0 Å². The van der Waals surface area contributed by atoms with Gasteiger partial charge in [0.1, 0.15) is 0 Å². The summed E-state index contributed by atoms with van der Waals surface area (Å²) in [6.45, 7) is 3.69. The third kappa shape index (κ3) is 1.81. The summed E-state index contributed by atoms with van der Waals surface area (Å²) in [7, 11) is 0. The van der Waals surface area contributed by atoms with Gasteiger partial charge in [-0.25, -0.2) is 0 Å². The lowest BCUT2D eigenvalue weighted by atomic mass is 9.83. The number of fused-ring (bicyclic) bond motifs is 1. The molecule has 1 amide bonds. The number of amides is 1. The van der Waals surface area contributed by atoms with Crippen molar-refractivity contribution in [2.75, 3.05) is 6.54 Å². The molecule has 4 nitrogen and oxygen atoms in total. The summed E-state index contributed by atoms with van der Waals surface area (Å²) < 4.78 is 38.3. The highest BCUT2D eigenvalue weighted by atomic mass is 19.4. The van der Waals surface area contributed by atoms with Gasteiger partial charge in [-0.05, 0) is 13.8 Å². The van der Waals surface area contributed by atoms with E-state index in [1.54, 1.807) is 6.92 Å². The minimum absolute atomic E-state index is 0.0699. The molecule has 2 fully saturated rings. The molecule has 0 bridgehead atoms. The maximum atomic E-state index is 12.8. The SMILES string of the molecule is C[C@@H]1CN2C(=O)C[C@@](O)(C(F)(F)F)C[C@]2(C)N1. The number of nitrogens with one attached hydrogen (secondary N) is 1. The zero-order chi connectivity index (χ0) is 13.1. The van der Waals surface area contributed by atoms with Crippen molar-refractivity contribution in [3.63, 3.8) is 0 Å². The van der Waals surface area contributed by atoms with Crippen LogP contribution in [-0.2, 0) is 4.79 Å². The predicted molar refractivity (Wildman–Crippen MR) is 53.0 cm³/mol. The number of halogens is 3. The van der Waals surface area contributed by atoms with Crippen molar-refractivity contribution in [3.8, 4) is 0 Å². The van der Waals surface area contributed by atoms with Crippen molar-refractivity contribution in [3.05, 3.63) is 0 Å². The van der Waals surface area contributed by atoms with E-state index in [1.165, 1.54) is 11.8 Å². The number of aliphatic hydroxyl groups is 1. The Labute approximate surface area is 96.8 Å². The van der Waals surface area contributed by atoms with Crippen LogP contribution >= 0.6 is 0 Å². The zero-order valence-corrected chi connectivity index (χ0v) is 9.64. The van der Waals surface area contributed by atoms with Crippen molar-refractivity contribution < 1.29 is 23.1 Å². The van der Waals surface area contributed by atoms with Gasteiger partial charge in [0.05, 0.1) is 12.1 Å². The molecule has 0 aromatic rings. The van der Waals surface area contributed by atoms with Crippen LogP contribution < -0.4 is 5.32 Å². The van der Waals surface area contributed by atoms with Crippen molar-refractivity contribution in [2.24, 2.45) is 0 Å². The number of carbonyl (C=O) groups is 1. The van der Waals surface area contributed by atoms with Crippen molar-refractivity contribution in [2.45, 2.75) is 50.2 Å². The fourth-order valence-electron chi connectivity index (χ4n) is 2.83. The molecule has 0 aromatic heterocycles. The summed E-state index contributed by atoms with van der Waals surface area (Å²) in [5.74, 6) is -0.657. The molecule has 98 valence electrons. The number of rotatable bonds is 0.